The number of hydrogen-bond donors (Lipinski definition) is 1. The number of likely N-dealkylation sites (tertiary alicyclic amines) is 1. The number of β-amino-alcohol motifs (C(OH)–C–C–N with tert-alkyl or cyclic N) is 1. The molecule has 0 bridgehead atoms. The highest BCUT2D eigenvalue weighted by Gasteiger charge is 2.33. The lowest BCUT2D eigenvalue weighted by Gasteiger charge is -2.20. The van der Waals surface area contributed by atoms with Crippen LogP contribution >= 0.6 is 15.9 Å². The molecule has 1 aliphatic rings. The molecule has 2 atom stereocenters. The molecule has 1 saturated heterocycles. The Morgan fingerprint density at radius 1 is 1.79 bits per heavy atom. The summed E-state index contributed by atoms with van der Waals surface area (Å²) in [7, 11) is 1.37. The zero-order valence-corrected chi connectivity index (χ0v) is 10.1. The summed E-state index contributed by atoms with van der Waals surface area (Å²) in [6.45, 7) is 3.84. The fraction of sp³-hybridized carbons (Fsp3) is 0.889. The molecule has 0 aromatic heterocycles. The Balaban J connectivity index is 2.36. The average molecular weight is 266 g/mol. The molecule has 1 aliphatic heterocycles. The minimum absolute atomic E-state index is 0.267. The molecule has 0 spiro atoms. The lowest BCUT2D eigenvalue weighted by molar-refractivity contribution is -0.140. The molecule has 0 aromatic rings. The van der Waals surface area contributed by atoms with E-state index in [1.165, 1.54) is 7.11 Å². The van der Waals surface area contributed by atoms with Gasteiger partial charge in [-0.05, 0) is 13.3 Å². The monoisotopic (exact) mass is 265 g/mol. The van der Waals surface area contributed by atoms with Crippen LogP contribution in [0.15, 0.2) is 0 Å². The summed E-state index contributed by atoms with van der Waals surface area (Å²) in [6, 6.07) is 0. The number of methoxy groups -OCH3 is 1. The van der Waals surface area contributed by atoms with Crippen LogP contribution in [0.5, 0.6) is 0 Å². The maximum absolute atomic E-state index is 11.1. The third kappa shape index (κ3) is 3.22. The Morgan fingerprint density at radius 3 is 2.86 bits per heavy atom. The predicted octanol–water partition coefficient (Wildman–Crippen LogP) is 0.380. The molecule has 4 nitrogen and oxygen atoms in total. The van der Waals surface area contributed by atoms with E-state index in [9.17, 15) is 9.90 Å². The fourth-order valence-corrected chi connectivity index (χ4v) is 2.22. The van der Waals surface area contributed by atoms with Gasteiger partial charge in [-0.25, -0.2) is 0 Å². The fourth-order valence-electron chi connectivity index (χ4n) is 1.62. The second kappa shape index (κ2) is 4.59. The summed E-state index contributed by atoms with van der Waals surface area (Å²) in [4.78, 5) is 12.9. The number of carbonyl (C=O) groups is 1. The third-order valence-corrected chi connectivity index (χ3v) is 3.07. The van der Waals surface area contributed by atoms with Crippen LogP contribution < -0.4 is 0 Å². The van der Waals surface area contributed by atoms with Crippen LogP contribution in [0.2, 0.25) is 0 Å². The van der Waals surface area contributed by atoms with Crippen molar-refractivity contribution in [1.29, 1.82) is 0 Å². The molecule has 14 heavy (non-hydrogen) atoms. The number of esters is 1. The topological polar surface area (TPSA) is 49.8 Å². The van der Waals surface area contributed by atoms with E-state index in [-0.39, 0.29) is 10.8 Å². The van der Waals surface area contributed by atoms with Gasteiger partial charge in [0, 0.05) is 19.6 Å². The van der Waals surface area contributed by atoms with Crippen LogP contribution in [0.25, 0.3) is 0 Å². The standard InChI is InChI=1S/C9H16BrNO3/c1-9(13)3-4-11(6-9)5-7(10)8(12)14-2/h7,13H,3-6H2,1-2H3. The largest absolute Gasteiger partial charge is 0.468 e. The first-order chi connectivity index (χ1) is 6.44. The summed E-state index contributed by atoms with van der Waals surface area (Å²) in [5.41, 5.74) is -0.608. The van der Waals surface area contributed by atoms with Gasteiger partial charge < -0.3 is 9.84 Å². The first kappa shape index (κ1) is 11.9. The molecular formula is C9H16BrNO3. The molecule has 1 N–H and O–H groups in total. The van der Waals surface area contributed by atoms with Crippen molar-refractivity contribution >= 4 is 21.9 Å². The Hall–Kier alpha value is -0.130. The van der Waals surface area contributed by atoms with Gasteiger partial charge in [0.1, 0.15) is 4.83 Å². The highest BCUT2D eigenvalue weighted by Crippen LogP contribution is 2.21. The highest BCUT2D eigenvalue weighted by atomic mass is 79.9. The van der Waals surface area contributed by atoms with E-state index >= 15 is 0 Å². The van der Waals surface area contributed by atoms with Crippen LogP contribution in [0.3, 0.4) is 0 Å². The number of carbonyl (C=O) groups excluding carboxylic acids is 1. The van der Waals surface area contributed by atoms with Crippen LogP contribution in [0.1, 0.15) is 13.3 Å². The van der Waals surface area contributed by atoms with Gasteiger partial charge in [0.05, 0.1) is 12.7 Å². The van der Waals surface area contributed by atoms with E-state index in [0.717, 1.165) is 13.0 Å². The van der Waals surface area contributed by atoms with E-state index < -0.39 is 5.60 Å². The van der Waals surface area contributed by atoms with Crippen molar-refractivity contribution in [3.05, 3.63) is 0 Å². The Morgan fingerprint density at radius 2 is 2.43 bits per heavy atom. The molecule has 82 valence electrons. The number of halogens is 1. The van der Waals surface area contributed by atoms with Gasteiger partial charge in [-0.15, -0.1) is 0 Å². The first-order valence-corrected chi connectivity index (χ1v) is 5.53. The summed E-state index contributed by atoms with van der Waals surface area (Å²) >= 11 is 3.25. The van der Waals surface area contributed by atoms with E-state index in [1.807, 2.05) is 6.92 Å². The van der Waals surface area contributed by atoms with Crippen molar-refractivity contribution in [3.63, 3.8) is 0 Å². The molecule has 1 fully saturated rings. The Labute approximate surface area is 92.3 Å². The maximum atomic E-state index is 11.1. The second-order valence-electron chi connectivity index (χ2n) is 3.97. The van der Waals surface area contributed by atoms with E-state index in [2.05, 4.69) is 25.6 Å². The van der Waals surface area contributed by atoms with Crippen LogP contribution in [-0.2, 0) is 9.53 Å². The van der Waals surface area contributed by atoms with Gasteiger partial charge in [0.15, 0.2) is 0 Å². The van der Waals surface area contributed by atoms with Gasteiger partial charge in [0.25, 0.3) is 0 Å². The number of ether oxygens (including phenoxy) is 1. The van der Waals surface area contributed by atoms with Crippen molar-refractivity contribution in [2.24, 2.45) is 0 Å². The third-order valence-electron chi connectivity index (χ3n) is 2.41. The van der Waals surface area contributed by atoms with Gasteiger partial charge in [0.2, 0.25) is 0 Å². The zero-order chi connectivity index (χ0) is 10.8. The number of hydrogen-bond acceptors (Lipinski definition) is 4. The SMILES string of the molecule is COC(=O)C(Br)CN1CCC(C)(O)C1. The zero-order valence-electron chi connectivity index (χ0n) is 8.49. The van der Waals surface area contributed by atoms with Crippen LogP contribution in [-0.4, -0.2) is 53.1 Å². The smallest absolute Gasteiger partial charge is 0.320 e. The summed E-state index contributed by atoms with van der Waals surface area (Å²) in [6.07, 6.45) is 0.758. The maximum Gasteiger partial charge on any atom is 0.320 e. The summed E-state index contributed by atoms with van der Waals surface area (Å²) in [5.74, 6) is -0.267. The van der Waals surface area contributed by atoms with Crippen molar-refractivity contribution in [2.75, 3.05) is 26.7 Å². The molecule has 2 unspecified atom stereocenters. The van der Waals surface area contributed by atoms with Crippen LogP contribution in [0, 0.1) is 0 Å². The van der Waals surface area contributed by atoms with Crippen molar-refractivity contribution in [3.8, 4) is 0 Å². The number of alkyl halides is 1. The van der Waals surface area contributed by atoms with Crippen molar-refractivity contribution in [2.45, 2.75) is 23.8 Å². The molecule has 1 heterocycles. The highest BCUT2D eigenvalue weighted by molar-refractivity contribution is 9.10. The lowest BCUT2D eigenvalue weighted by Crippen LogP contribution is -2.35. The normalized spacial score (nSPS) is 30.3. The minimum atomic E-state index is -0.608. The number of aliphatic hydroxyl groups is 1. The Bertz CT molecular complexity index is 220. The number of rotatable bonds is 3. The van der Waals surface area contributed by atoms with Gasteiger partial charge >= 0.3 is 5.97 Å². The molecule has 0 saturated carbocycles. The quantitative estimate of drug-likeness (QED) is 0.592. The number of nitrogens with zero attached hydrogens (tertiary/aromatic N) is 1. The Kier molecular flexibility index (Phi) is 3.92. The molecule has 1 rings (SSSR count). The van der Waals surface area contributed by atoms with Gasteiger partial charge in [-0.3, -0.25) is 9.69 Å². The first-order valence-electron chi connectivity index (χ1n) is 4.61. The molecule has 0 aliphatic carbocycles. The van der Waals surface area contributed by atoms with Gasteiger partial charge in [-0.1, -0.05) is 15.9 Å². The van der Waals surface area contributed by atoms with Crippen molar-refractivity contribution < 1.29 is 14.6 Å². The second-order valence-corrected chi connectivity index (χ2v) is 5.08. The molecule has 0 amide bonds. The predicted molar refractivity (Wildman–Crippen MR) is 56.4 cm³/mol. The summed E-state index contributed by atoms with van der Waals surface area (Å²) < 4.78 is 4.60. The van der Waals surface area contributed by atoms with E-state index in [1.54, 1.807) is 0 Å². The van der Waals surface area contributed by atoms with Gasteiger partial charge in [-0.2, -0.15) is 0 Å². The lowest BCUT2D eigenvalue weighted by atomic mass is 10.1. The van der Waals surface area contributed by atoms with E-state index in [0.29, 0.717) is 13.1 Å². The van der Waals surface area contributed by atoms with Crippen molar-refractivity contribution in [1.82, 2.24) is 4.90 Å². The summed E-state index contributed by atoms with van der Waals surface area (Å²) in [5, 5.41) is 9.70. The molecule has 5 heteroatoms. The van der Waals surface area contributed by atoms with E-state index in [4.69, 9.17) is 0 Å². The molecule has 0 radical (unpaired) electrons. The average Bonchev–Trinajstić information content (AvgIpc) is 2.44. The molecule has 0 aromatic carbocycles. The molecular weight excluding hydrogens is 250 g/mol. The minimum Gasteiger partial charge on any atom is -0.468 e. The van der Waals surface area contributed by atoms with Crippen LogP contribution in [0.4, 0.5) is 0 Å².